The Morgan fingerprint density at radius 3 is 2.61 bits per heavy atom. The van der Waals surface area contributed by atoms with E-state index in [9.17, 15) is 14.9 Å². The first kappa shape index (κ1) is 28.5. The zero-order valence-corrected chi connectivity index (χ0v) is 24.8. The first-order valence-corrected chi connectivity index (χ1v) is 14.8. The summed E-state index contributed by atoms with van der Waals surface area (Å²) in [5.41, 5.74) is 2.82. The Labute approximate surface area is 241 Å². The van der Waals surface area contributed by atoms with Crippen molar-refractivity contribution >= 4 is 68.8 Å². The summed E-state index contributed by atoms with van der Waals surface area (Å²) in [6.45, 7) is 8.61. The number of carbonyl (C=O) groups is 2. The lowest BCUT2D eigenvalue weighted by atomic mass is 9.72. The fourth-order valence-electron chi connectivity index (χ4n) is 4.52. The molecule has 198 valence electrons. The van der Waals surface area contributed by atoms with Crippen molar-refractivity contribution in [3.05, 3.63) is 74.1 Å². The molecule has 0 radical (unpaired) electrons. The molecule has 0 saturated carbocycles. The van der Waals surface area contributed by atoms with E-state index in [1.807, 2.05) is 25.1 Å². The molecule has 0 spiro atoms. The van der Waals surface area contributed by atoms with Crippen LogP contribution in [0.25, 0.3) is 0 Å². The number of rotatable bonds is 6. The van der Waals surface area contributed by atoms with Gasteiger partial charge in [-0.25, -0.2) is 0 Å². The van der Waals surface area contributed by atoms with Crippen LogP contribution in [0.15, 0.2) is 47.4 Å². The summed E-state index contributed by atoms with van der Waals surface area (Å²) in [5.74, 6) is 0.0422. The van der Waals surface area contributed by atoms with Crippen LogP contribution < -0.4 is 10.6 Å². The topological polar surface area (TPSA) is 82.0 Å². The molecule has 2 amide bonds. The molecular formula is C29H29Cl2N3O2S2. The van der Waals surface area contributed by atoms with Crippen molar-refractivity contribution in [3.8, 4) is 6.07 Å². The van der Waals surface area contributed by atoms with Crippen molar-refractivity contribution in [3.63, 3.8) is 0 Å². The molecule has 2 N–H and O–H groups in total. The molecule has 1 heterocycles. The van der Waals surface area contributed by atoms with Crippen LogP contribution in [-0.2, 0) is 17.6 Å². The number of thiophene rings is 1. The van der Waals surface area contributed by atoms with Gasteiger partial charge in [0.15, 0.2) is 0 Å². The summed E-state index contributed by atoms with van der Waals surface area (Å²) in [5, 5.41) is 16.6. The number of thioether (sulfide) groups is 1. The second-order valence-corrected chi connectivity index (χ2v) is 13.8. The minimum atomic E-state index is -0.417. The maximum absolute atomic E-state index is 13.1. The van der Waals surface area contributed by atoms with Crippen molar-refractivity contribution in [2.45, 2.75) is 57.1 Å². The number of benzene rings is 2. The SMILES string of the molecule is CC(Sc1cccc(NC(=O)c2ccc(Cl)cc2Cl)c1)C(=O)Nc1sc2c(c1C#N)CCC(C(C)(C)C)C2. The van der Waals surface area contributed by atoms with Gasteiger partial charge in [-0.05, 0) is 79.5 Å². The van der Waals surface area contributed by atoms with Crippen LogP contribution >= 0.6 is 46.3 Å². The number of hydrogen-bond acceptors (Lipinski definition) is 5. The van der Waals surface area contributed by atoms with Gasteiger partial charge in [-0.2, -0.15) is 5.26 Å². The van der Waals surface area contributed by atoms with Gasteiger partial charge in [-0.3, -0.25) is 9.59 Å². The molecule has 5 nitrogen and oxygen atoms in total. The van der Waals surface area contributed by atoms with E-state index in [2.05, 4.69) is 37.5 Å². The van der Waals surface area contributed by atoms with Gasteiger partial charge in [-0.1, -0.05) is 50.0 Å². The zero-order chi connectivity index (χ0) is 27.6. The molecule has 9 heteroatoms. The molecule has 1 aliphatic rings. The molecule has 4 rings (SSSR count). The van der Waals surface area contributed by atoms with Gasteiger partial charge in [0.25, 0.3) is 5.91 Å². The Hall–Kier alpha value is -2.50. The standard InChI is InChI=1S/C29H29Cl2N3O2S2/c1-16(26(35)34-28-23(15-32)21-10-8-17(29(2,3)4)12-25(21)38-28)37-20-7-5-6-19(14-20)33-27(36)22-11-9-18(30)13-24(22)31/h5-7,9,11,13-14,16-17H,8,10,12H2,1-4H3,(H,33,36)(H,34,35). The largest absolute Gasteiger partial charge is 0.322 e. The Morgan fingerprint density at radius 2 is 1.92 bits per heavy atom. The fraction of sp³-hybridized carbons (Fsp3) is 0.345. The average Bonchev–Trinajstić information content (AvgIpc) is 3.19. The lowest BCUT2D eigenvalue weighted by Crippen LogP contribution is -2.26. The molecule has 0 aliphatic heterocycles. The van der Waals surface area contributed by atoms with E-state index in [0.29, 0.717) is 32.8 Å². The predicted octanol–water partition coefficient (Wildman–Crippen LogP) is 8.45. The van der Waals surface area contributed by atoms with Crippen molar-refractivity contribution in [1.29, 1.82) is 5.26 Å². The Kier molecular flexibility index (Phi) is 8.78. The number of fused-ring (bicyclic) bond motifs is 1. The number of carbonyl (C=O) groups excluding carboxylic acids is 2. The van der Waals surface area contributed by atoms with E-state index < -0.39 is 5.25 Å². The van der Waals surface area contributed by atoms with Crippen molar-refractivity contribution < 1.29 is 9.59 Å². The number of nitriles is 1. The van der Waals surface area contributed by atoms with Gasteiger partial charge in [-0.15, -0.1) is 23.1 Å². The third kappa shape index (κ3) is 6.55. The molecular weight excluding hydrogens is 557 g/mol. The first-order valence-electron chi connectivity index (χ1n) is 12.3. The summed E-state index contributed by atoms with van der Waals surface area (Å²) >= 11 is 15.0. The zero-order valence-electron chi connectivity index (χ0n) is 21.7. The van der Waals surface area contributed by atoms with Crippen LogP contribution in [-0.4, -0.2) is 17.1 Å². The van der Waals surface area contributed by atoms with E-state index in [0.717, 1.165) is 29.7 Å². The average molecular weight is 587 g/mol. The van der Waals surface area contributed by atoms with Crippen LogP contribution in [0.1, 0.15) is 60.5 Å². The van der Waals surface area contributed by atoms with Crippen LogP contribution in [0.2, 0.25) is 10.0 Å². The number of nitrogens with one attached hydrogen (secondary N) is 2. The Bertz CT molecular complexity index is 1420. The molecule has 3 aromatic rings. The molecule has 0 fully saturated rings. The second-order valence-electron chi connectivity index (χ2n) is 10.5. The van der Waals surface area contributed by atoms with Gasteiger partial charge >= 0.3 is 0 Å². The number of hydrogen-bond donors (Lipinski definition) is 2. The van der Waals surface area contributed by atoms with Crippen LogP contribution in [0.4, 0.5) is 10.7 Å². The summed E-state index contributed by atoms with van der Waals surface area (Å²) in [7, 11) is 0. The minimum absolute atomic E-state index is 0.167. The summed E-state index contributed by atoms with van der Waals surface area (Å²) in [6, 6.07) is 14.3. The Morgan fingerprint density at radius 1 is 1.16 bits per heavy atom. The van der Waals surface area contributed by atoms with E-state index >= 15 is 0 Å². The molecule has 1 aliphatic carbocycles. The first-order chi connectivity index (χ1) is 18.0. The quantitative estimate of drug-likeness (QED) is 0.284. The third-order valence-corrected chi connectivity index (χ3v) is 9.60. The molecule has 2 atom stereocenters. The maximum Gasteiger partial charge on any atom is 0.257 e. The van der Waals surface area contributed by atoms with Gasteiger partial charge in [0, 0.05) is 20.5 Å². The summed E-state index contributed by atoms with van der Waals surface area (Å²) < 4.78 is 0. The monoisotopic (exact) mass is 585 g/mol. The highest BCUT2D eigenvalue weighted by atomic mass is 35.5. The minimum Gasteiger partial charge on any atom is -0.322 e. The van der Waals surface area contributed by atoms with Gasteiger partial charge < -0.3 is 10.6 Å². The maximum atomic E-state index is 13.1. The normalized spacial score (nSPS) is 15.8. The van der Waals surface area contributed by atoms with Crippen LogP contribution in [0.3, 0.4) is 0 Å². The number of amides is 2. The van der Waals surface area contributed by atoms with Gasteiger partial charge in [0.2, 0.25) is 5.91 Å². The lowest BCUT2D eigenvalue weighted by molar-refractivity contribution is -0.115. The lowest BCUT2D eigenvalue weighted by Gasteiger charge is -2.33. The van der Waals surface area contributed by atoms with E-state index in [-0.39, 0.29) is 22.3 Å². The van der Waals surface area contributed by atoms with E-state index in [1.54, 1.807) is 18.2 Å². The Balaban J connectivity index is 1.42. The number of halogens is 2. The molecule has 0 saturated heterocycles. The number of anilines is 2. The highest BCUT2D eigenvalue weighted by molar-refractivity contribution is 8.00. The third-order valence-electron chi connectivity index (χ3n) is 6.79. The highest BCUT2D eigenvalue weighted by Gasteiger charge is 2.32. The van der Waals surface area contributed by atoms with Crippen LogP contribution in [0, 0.1) is 22.7 Å². The predicted molar refractivity (Wildman–Crippen MR) is 159 cm³/mol. The van der Waals surface area contributed by atoms with Gasteiger partial charge in [0.05, 0.1) is 21.4 Å². The molecule has 38 heavy (non-hydrogen) atoms. The van der Waals surface area contributed by atoms with Crippen molar-refractivity contribution in [2.24, 2.45) is 11.3 Å². The molecule has 0 bridgehead atoms. The van der Waals surface area contributed by atoms with Crippen molar-refractivity contribution in [2.75, 3.05) is 10.6 Å². The molecule has 2 unspecified atom stereocenters. The highest BCUT2D eigenvalue weighted by Crippen LogP contribution is 2.44. The van der Waals surface area contributed by atoms with Crippen molar-refractivity contribution in [1.82, 2.24) is 0 Å². The van der Waals surface area contributed by atoms with Gasteiger partial charge in [0.1, 0.15) is 11.1 Å². The molecule has 1 aromatic heterocycles. The second kappa shape index (κ2) is 11.7. The molecule has 2 aromatic carbocycles. The smallest absolute Gasteiger partial charge is 0.257 e. The van der Waals surface area contributed by atoms with E-state index in [1.165, 1.54) is 34.0 Å². The summed E-state index contributed by atoms with van der Waals surface area (Å²) in [4.78, 5) is 27.8. The number of nitrogens with zero attached hydrogens (tertiary/aromatic N) is 1. The fourth-order valence-corrected chi connectivity index (χ4v) is 7.22. The summed E-state index contributed by atoms with van der Waals surface area (Å²) in [6.07, 6.45) is 2.87. The van der Waals surface area contributed by atoms with E-state index in [4.69, 9.17) is 23.2 Å². The van der Waals surface area contributed by atoms with Crippen LogP contribution in [0.5, 0.6) is 0 Å².